The average molecular weight is 323 g/mol. The van der Waals surface area contributed by atoms with E-state index in [1.54, 1.807) is 12.1 Å². The average Bonchev–Trinajstić information content (AvgIpc) is 2.58. The molecule has 0 atom stereocenters. The van der Waals surface area contributed by atoms with E-state index < -0.39 is 0 Å². The van der Waals surface area contributed by atoms with Crippen molar-refractivity contribution >= 4 is 5.91 Å². The lowest BCUT2D eigenvalue weighted by atomic mass is 9.49. The maximum absolute atomic E-state index is 12.6. The normalized spacial score (nSPS) is 33.2. The topological polar surface area (TPSA) is 57.0 Å². The molecule has 0 aliphatic heterocycles. The van der Waals surface area contributed by atoms with Crippen LogP contribution in [0.15, 0.2) is 18.3 Å². The zero-order chi connectivity index (χ0) is 16.7. The van der Waals surface area contributed by atoms with Crippen LogP contribution in [0.3, 0.4) is 0 Å². The molecule has 4 aliphatic carbocycles. The highest BCUT2D eigenvalue weighted by atomic mass is 16.2. The molecule has 4 nitrogen and oxygen atoms in total. The third-order valence-corrected chi connectivity index (χ3v) is 6.61. The van der Waals surface area contributed by atoms with Crippen LogP contribution < -0.4 is 0 Å². The molecule has 24 heavy (non-hydrogen) atoms. The van der Waals surface area contributed by atoms with E-state index in [1.807, 2.05) is 18.0 Å². The van der Waals surface area contributed by atoms with E-state index in [1.165, 1.54) is 44.7 Å². The van der Waals surface area contributed by atoms with Crippen LogP contribution >= 0.6 is 0 Å². The number of pyridine rings is 1. The van der Waals surface area contributed by atoms with Gasteiger partial charge in [-0.1, -0.05) is 0 Å². The van der Waals surface area contributed by atoms with Gasteiger partial charge in [-0.05, 0) is 80.2 Å². The minimum absolute atomic E-state index is 0.0109. The molecule has 0 spiro atoms. The highest BCUT2D eigenvalue weighted by Crippen LogP contribution is 2.61. The fourth-order valence-electron chi connectivity index (χ4n) is 5.91. The molecule has 1 aromatic rings. The third kappa shape index (κ3) is 2.81. The molecule has 0 radical (unpaired) electrons. The van der Waals surface area contributed by atoms with E-state index in [0.29, 0.717) is 16.7 Å². The first-order valence-electron chi connectivity index (χ1n) is 9.18. The molecular formula is C20H25N3O. The highest BCUT2D eigenvalue weighted by Gasteiger charge is 2.50. The van der Waals surface area contributed by atoms with Crippen LogP contribution in [0.25, 0.3) is 0 Å². The quantitative estimate of drug-likeness (QED) is 0.850. The number of hydrogen-bond acceptors (Lipinski definition) is 3. The third-order valence-electron chi connectivity index (χ3n) is 6.61. The van der Waals surface area contributed by atoms with Gasteiger partial charge in [0.25, 0.3) is 5.91 Å². The van der Waals surface area contributed by atoms with Crippen LogP contribution in [-0.4, -0.2) is 29.4 Å². The van der Waals surface area contributed by atoms with Crippen molar-refractivity contribution in [1.82, 2.24) is 9.88 Å². The number of aromatic nitrogens is 1. The van der Waals surface area contributed by atoms with Crippen LogP contribution in [0.5, 0.6) is 0 Å². The molecule has 0 saturated heterocycles. The predicted molar refractivity (Wildman–Crippen MR) is 91.1 cm³/mol. The van der Waals surface area contributed by atoms with E-state index in [9.17, 15) is 4.79 Å². The summed E-state index contributed by atoms with van der Waals surface area (Å²) in [6.07, 6.45) is 11.2. The second-order valence-electron chi connectivity index (χ2n) is 8.44. The van der Waals surface area contributed by atoms with Gasteiger partial charge in [-0.25, -0.2) is 4.98 Å². The molecule has 1 heterocycles. The monoisotopic (exact) mass is 323 g/mol. The van der Waals surface area contributed by atoms with Gasteiger partial charge >= 0.3 is 0 Å². The van der Waals surface area contributed by atoms with Crippen molar-refractivity contribution in [2.75, 3.05) is 13.6 Å². The van der Waals surface area contributed by atoms with Crippen molar-refractivity contribution in [3.05, 3.63) is 29.6 Å². The van der Waals surface area contributed by atoms with Crippen molar-refractivity contribution in [1.29, 1.82) is 5.26 Å². The Kier molecular flexibility index (Phi) is 3.83. The molecule has 5 rings (SSSR count). The van der Waals surface area contributed by atoms with Gasteiger partial charge in [0.1, 0.15) is 11.8 Å². The van der Waals surface area contributed by atoms with E-state index >= 15 is 0 Å². The fourth-order valence-corrected chi connectivity index (χ4v) is 5.91. The second kappa shape index (κ2) is 5.88. The Hall–Kier alpha value is -1.89. The summed E-state index contributed by atoms with van der Waals surface area (Å²) < 4.78 is 0. The van der Waals surface area contributed by atoms with E-state index in [4.69, 9.17) is 5.26 Å². The molecule has 1 amide bonds. The second-order valence-corrected chi connectivity index (χ2v) is 8.44. The smallest absolute Gasteiger partial charge is 0.255 e. The lowest BCUT2D eigenvalue weighted by Crippen LogP contribution is -2.47. The SMILES string of the molecule is CN(CCC12CC3CC(CC(C3)C1)C2)C(=O)c1ccc(C#N)nc1. The number of nitriles is 1. The predicted octanol–water partition coefficient (Wildman–Crippen LogP) is 3.63. The van der Waals surface area contributed by atoms with Crippen LogP contribution in [0.4, 0.5) is 0 Å². The van der Waals surface area contributed by atoms with Crippen molar-refractivity contribution in [3.63, 3.8) is 0 Å². The lowest BCUT2D eigenvalue weighted by Gasteiger charge is -2.57. The summed E-state index contributed by atoms with van der Waals surface area (Å²) in [6, 6.07) is 5.30. The summed E-state index contributed by atoms with van der Waals surface area (Å²) in [5, 5.41) is 8.80. The van der Waals surface area contributed by atoms with Crippen LogP contribution in [0.1, 0.15) is 61.0 Å². The van der Waals surface area contributed by atoms with Crippen molar-refractivity contribution in [2.45, 2.75) is 44.9 Å². The Morgan fingerprint density at radius 3 is 2.38 bits per heavy atom. The van der Waals surface area contributed by atoms with Crippen molar-refractivity contribution < 1.29 is 4.79 Å². The molecule has 4 saturated carbocycles. The molecular weight excluding hydrogens is 298 g/mol. The van der Waals surface area contributed by atoms with Gasteiger partial charge in [-0.3, -0.25) is 4.79 Å². The number of amides is 1. The zero-order valence-corrected chi connectivity index (χ0v) is 14.4. The highest BCUT2D eigenvalue weighted by molar-refractivity contribution is 5.93. The first-order valence-corrected chi connectivity index (χ1v) is 9.18. The standard InChI is InChI=1S/C20H25N3O/c1-23(19(24)17-2-3-18(12-21)22-13-17)5-4-20-9-14-6-15(10-20)8-16(7-14)11-20/h2-3,13-16H,4-11H2,1H3. The Morgan fingerprint density at radius 2 is 1.88 bits per heavy atom. The van der Waals surface area contributed by atoms with E-state index in [0.717, 1.165) is 30.7 Å². The fraction of sp³-hybridized carbons (Fsp3) is 0.650. The first-order chi connectivity index (χ1) is 11.6. The van der Waals surface area contributed by atoms with Gasteiger partial charge in [0, 0.05) is 19.8 Å². The van der Waals surface area contributed by atoms with E-state index in [2.05, 4.69) is 4.98 Å². The number of carbonyl (C=O) groups is 1. The Bertz CT molecular complexity index is 638. The first kappa shape index (κ1) is 15.6. The minimum Gasteiger partial charge on any atom is -0.342 e. The molecule has 0 aromatic carbocycles. The van der Waals surface area contributed by atoms with Crippen molar-refractivity contribution in [3.8, 4) is 6.07 Å². The van der Waals surface area contributed by atoms with Crippen LogP contribution in [0.2, 0.25) is 0 Å². The lowest BCUT2D eigenvalue weighted by molar-refractivity contribution is -0.0593. The van der Waals surface area contributed by atoms with E-state index in [-0.39, 0.29) is 5.91 Å². The molecule has 126 valence electrons. The van der Waals surface area contributed by atoms with Gasteiger partial charge < -0.3 is 4.90 Å². The molecule has 4 heteroatoms. The molecule has 4 aliphatic rings. The maximum atomic E-state index is 12.6. The number of hydrogen-bond donors (Lipinski definition) is 0. The maximum Gasteiger partial charge on any atom is 0.255 e. The molecule has 1 aromatic heterocycles. The van der Waals surface area contributed by atoms with Gasteiger partial charge in [0.05, 0.1) is 5.56 Å². The largest absolute Gasteiger partial charge is 0.342 e. The zero-order valence-electron chi connectivity index (χ0n) is 14.4. The number of nitrogens with zero attached hydrogens (tertiary/aromatic N) is 3. The van der Waals surface area contributed by atoms with Gasteiger partial charge in [-0.2, -0.15) is 5.26 Å². The van der Waals surface area contributed by atoms with Crippen LogP contribution in [0, 0.1) is 34.5 Å². The van der Waals surface area contributed by atoms with Gasteiger partial charge in [-0.15, -0.1) is 0 Å². The molecule has 4 bridgehead atoms. The number of carbonyl (C=O) groups excluding carboxylic acids is 1. The molecule has 0 unspecified atom stereocenters. The van der Waals surface area contributed by atoms with Crippen LogP contribution in [-0.2, 0) is 0 Å². The molecule has 0 N–H and O–H groups in total. The molecule has 4 fully saturated rings. The van der Waals surface area contributed by atoms with Gasteiger partial charge in [0.2, 0.25) is 0 Å². The summed E-state index contributed by atoms with van der Waals surface area (Å²) in [6.45, 7) is 0.824. The Morgan fingerprint density at radius 1 is 1.25 bits per heavy atom. The Labute approximate surface area is 143 Å². The summed E-state index contributed by atoms with van der Waals surface area (Å²) in [5.74, 6) is 2.89. The summed E-state index contributed by atoms with van der Waals surface area (Å²) in [7, 11) is 1.89. The number of rotatable bonds is 4. The summed E-state index contributed by atoms with van der Waals surface area (Å²) >= 11 is 0. The Balaban J connectivity index is 1.38. The van der Waals surface area contributed by atoms with Gasteiger partial charge in [0.15, 0.2) is 0 Å². The summed E-state index contributed by atoms with van der Waals surface area (Å²) in [5.41, 5.74) is 1.43. The van der Waals surface area contributed by atoms with Crippen molar-refractivity contribution in [2.24, 2.45) is 23.2 Å². The minimum atomic E-state index is 0.0109. The summed E-state index contributed by atoms with van der Waals surface area (Å²) in [4.78, 5) is 18.4.